The molecule has 7 nitrogen and oxygen atoms in total. The molecular weight excluding hydrogens is 413 g/mol. The van der Waals surface area contributed by atoms with Crippen LogP contribution in [0, 0.1) is 10.1 Å². The molecule has 0 amide bonds. The van der Waals surface area contributed by atoms with Gasteiger partial charge in [-0.05, 0) is 17.7 Å². The Bertz CT molecular complexity index is 923. The zero-order valence-corrected chi connectivity index (χ0v) is 16.5. The lowest BCUT2D eigenvalue weighted by Gasteiger charge is -2.34. The number of hydrogen-bond donors (Lipinski definition) is 0. The molecule has 1 aliphatic heterocycles. The molecule has 1 saturated heterocycles. The molecular formula is C17H17Cl2N3O4S. The van der Waals surface area contributed by atoms with Crippen molar-refractivity contribution in [1.82, 2.24) is 9.21 Å². The number of piperazine rings is 1. The van der Waals surface area contributed by atoms with Crippen molar-refractivity contribution in [3.63, 3.8) is 0 Å². The van der Waals surface area contributed by atoms with E-state index < -0.39 is 14.9 Å². The summed E-state index contributed by atoms with van der Waals surface area (Å²) in [6, 6.07) is 11.0. The van der Waals surface area contributed by atoms with E-state index in [2.05, 4.69) is 4.90 Å². The molecule has 2 aromatic rings. The lowest BCUT2D eigenvalue weighted by molar-refractivity contribution is -0.384. The molecule has 0 bridgehead atoms. The fraction of sp³-hybridized carbons (Fsp3) is 0.294. The topological polar surface area (TPSA) is 83.8 Å². The summed E-state index contributed by atoms with van der Waals surface area (Å²) in [6.07, 6.45) is 0. The van der Waals surface area contributed by atoms with Crippen LogP contribution >= 0.6 is 23.2 Å². The number of nitro benzene ring substituents is 1. The van der Waals surface area contributed by atoms with E-state index in [4.69, 9.17) is 23.2 Å². The maximum atomic E-state index is 12.9. The summed E-state index contributed by atoms with van der Waals surface area (Å²) >= 11 is 12.1. The highest BCUT2D eigenvalue weighted by atomic mass is 35.5. The molecule has 0 N–H and O–H groups in total. The van der Waals surface area contributed by atoms with E-state index in [9.17, 15) is 18.5 Å². The molecule has 0 aliphatic carbocycles. The van der Waals surface area contributed by atoms with Gasteiger partial charge in [0.25, 0.3) is 5.69 Å². The Morgan fingerprint density at radius 1 is 0.963 bits per heavy atom. The Kier molecular flexibility index (Phi) is 6.02. The van der Waals surface area contributed by atoms with Gasteiger partial charge in [0.15, 0.2) is 0 Å². The van der Waals surface area contributed by atoms with Gasteiger partial charge < -0.3 is 0 Å². The highest BCUT2D eigenvalue weighted by Crippen LogP contribution is 2.32. The molecule has 0 atom stereocenters. The number of halogens is 2. The van der Waals surface area contributed by atoms with Gasteiger partial charge in [0.2, 0.25) is 10.0 Å². The predicted octanol–water partition coefficient (Wildman–Crippen LogP) is 3.41. The quantitative estimate of drug-likeness (QED) is 0.536. The molecule has 0 spiro atoms. The summed E-state index contributed by atoms with van der Waals surface area (Å²) in [7, 11) is -3.77. The van der Waals surface area contributed by atoms with Crippen molar-refractivity contribution in [2.45, 2.75) is 11.4 Å². The van der Waals surface area contributed by atoms with Crippen LogP contribution in [0.5, 0.6) is 0 Å². The number of hydrogen-bond acceptors (Lipinski definition) is 5. The van der Waals surface area contributed by atoms with Crippen LogP contribution in [0.3, 0.4) is 0 Å². The minimum atomic E-state index is -3.77. The minimum Gasteiger partial charge on any atom is -0.296 e. The number of non-ortho nitro benzene ring substituents is 1. The zero-order chi connectivity index (χ0) is 19.6. The molecule has 1 fully saturated rings. The van der Waals surface area contributed by atoms with Crippen LogP contribution in [0.1, 0.15) is 5.56 Å². The van der Waals surface area contributed by atoms with E-state index in [0.717, 1.165) is 5.56 Å². The first kappa shape index (κ1) is 20.0. The highest BCUT2D eigenvalue weighted by molar-refractivity contribution is 7.89. The summed E-state index contributed by atoms with van der Waals surface area (Å²) in [5.41, 5.74) is 0.984. The van der Waals surface area contributed by atoms with Gasteiger partial charge in [-0.15, -0.1) is 0 Å². The molecule has 1 aliphatic rings. The van der Waals surface area contributed by atoms with Crippen molar-refractivity contribution in [2.75, 3.05) is 26.2 Å². The Balaban J connectivity index is 1.65. The smallest absolute Gasteiger partial charge is 0.269 e. The summed E-state index contributed by atoms with van der Waals surface area (Å²) < 4.78 is 27.1. The first-order valence-corrected chi connectivity index (χ1v) is 10.4. The Morgan fingerprint density at radius 3 is 2.04 bits per heavy atom. The van der Waals surface area contributed by atoms with E-state index in [1.807, 2.05) is 0 Å². The molecule has 144 valence electrons. The van der Waals surface area contributed by atoms with Crippen molar-refractivity contribution in [3.8, 4) is 0 Å². The molecule has 1 heterocycles. The monoisotopic (exact) mass is 429 g/mol. The molecule has 27 heavy (non-hydrogen) atoms. The van der Waals surface area contributed by atoms with E-state index >= 15 is 0 Å². The third kappa shape index (κ3) is 4.41. The summed E-state index contributed by atoms with van der Waals surface area (Å²) in [5, 5.41) is 10.9. The number of rotatable bonds is 5. The number of nitro groups is 1. The molecule has 2 aromatic carbocycles. The van der Waals surface area contributed by atoms with Crippen LogP contribution in [0.4, 0.5) is 5.69 Å². The van der Waals surface area contributed by atoms with Gasteiger partial charge in [-0.3, -0.25) is 15.0 Å². The van der Waals surface area contributed by atoms with Crippen LogP contribution in [0.2, 0.25) is 10.0 Å². The van der Waals surface area contributed by atoms with E-state index in [0.29, 0.717) is 32.7 Å². The maximum Gasteiger partial charge on any atom is 0.269 e. The first-order valence-electron chi connectivity index (χ1n) is 8.19. The summed E-state index contributed by atoms with van der Waals surface area (Å²) in [6.45, 7) is 2.31. The molecule has 10 heteroatoms. The largest absolute Gasteiger partial charge is 0.296 e. The number of nitrogens with zero attached hydrogens (tertiary/aromatic N) is 3. The van der Waals surface area contributed by atoms with Gasteiger partial charge in [-0.25, -0.2) is 8.42 Å². The van der Waals surface area contributed by atoms with Gasteiger partial charge in [0.05, 0.1) is 15.0 Å². The first-order chi connectivity index (χ1) is 12.8. The van der Waals surface area contributed by atoms with Crippen LogP contribution < -0.4 is 0 Å². The Hall–Kier alpha value is -1.71. The zero-order valence-electron chi connectivity index (χ0n) is 14.2. The second kappa shape index (κ2) is 8.12. The van der Waals surface area contributed by atoms with Crippen molar-refractivity contribution < 1.29 is 13.3 Å². The second-order valence-electron chi connectivity index (χ2n) is 6.15. The lowest BCUT2D eigenvalue weighted by Crippen LogP contribution is -2.48. The molecule has 3 rings (SSSR count). The minimum absolute atomic E-state index is 0.0475. The van der Waals surface area contributed by atoms with Crippen LogP contribution in [-0.2, 0) is 16.6 Å². The SMILES string of the molecule is O=[N+]([O-])c1ccc(CN2CCN(S(=O)(=O)c3c(Cl)cccc3Cl)CC2)cc1. The van der Waals surface area contributed by atoms with Crippen LogP contribution in [-0.4, -0.2) is 48.7 Å². The van der Waals surface area contributed by atoms with Crippen molar-refractivity contribution in [3.05, 3.63) is 68.2 Å². The maximum absolute atomic E-state index is 12.9. The second-order valence-corrected chi connectivity index (χ2v) is 8.84. The Labute approximate surface area is 167 Å². The van der Waals surface area contributed by atoms with Crippen molar-refractivity contribution >= 4 is 38.9 Å². The Morgan fingerprint density at radius 2 is 1.52 bits per heavy atom. The fourth-order valence-electron chi connectivity index (χ4n) is 2.97. The third-order valence-electron chi connectivity index (χ3n) is 4.40. The lowest BCUT2D eigenvalue weighted by atomic mass is 10.2. The predicted molar refractivity (Wildman–Crippen MR) is 104 cm³/mol. The summed E-state index contributed by atoms with van der Waals surface area (Å²) in [5.74, 6) is 0. The molecule has 0 aromatic heterocycles. The molecule has 0 unspecified atom stereocenters. The summed E-state index contributed by atoms with van der Waals surface area (Å²) in [4.78, 5) is 12.3. The standard InChI is InChI=1S/C17H17Cl2N3O4S/c18-15-2-1-3-16(19)17(15)27(25,26)21-10-8-20(9-11-21)12-13-4-6-14(7-5-13)22(23)24/h1-7H,8-12H2. The van der Waals surface area contributed by atoms with Gasteiger partial charge in [0.1, 0.15) is 4.90 Å². The third-order valence-corrected chi connectivity index (χ3v) is 7.26. The van der Waals surface area contributed by atoms with E-state index in [1.165, 1.54) is 28.6 Å². The van der Waals surface area contributed by atoms with Crippen molar-refractivity contribution in [1.29, 1.82) is 0 Å². The highest BCUT2D eigenvalue weighted by Gasteiger charge is 2.31. The van der Waals surface area contributed by atoms with Gasteiger partial charge >= 0.3 is 0 Å². The molecule has 0 radical (unpaired) electrons. The average Bonchev–Trinajstić information content (AvgIpc) is 2.62. The van der Waals surface area contributed by atoms with E-state index in [1.54, 1.807) is 18.2 Å². The van der Waals surface area contributed by atoms with Gasteiger partial charge in [-0.1, -0.05) is 41.4 Å². The molecule has 0 saturated carbocycles. The van der Waals surface area contributed by atoms with Gasteiger partial charge in [0, 0.05) is 44.9 Å². The number of sulfonamides is 1. The normalized spacial score (nSPS) is 16.4. The van der Waals surface area contributed by atoms with Crippen molar-refractivity contribution in [2.24, 2.45) is 0 Å². The average molecular weight is 430 g/mol. The number of benzene rings is 2. The fourth-order valence-corrected chi connectivity index (χ4v) is 5.48. The van der Waals surface area contributed by atoms with Crippen LogP contribution in [0.15, 0.2) is 47.4 Å². The van der Waals surface area contributed by atoms with Crippen LogP contribution in [0.25, 0.3) is 0 Å². The van der Waals surface area contributed by atoms with Gasteiger partial charge in [-0.2, -0.15) is 4.31 Å². The van der Waals surface area contributed by atoms with E-state index in [-0.39, 0.29) is 20.6 Å².